The Bertz CT molecular complexity index is 1080. The van der Waals surface area contributed by atoms with Crippen LogP contribution in [0.2, 0.25) is 5.02 Å². The van der Waals surface area contributed by atoms with Crippen LogP contribution in [-0.4, -0.2) is 29.6 Å². The quantitative estimate of drug-likeness (QED) is 0.601. The van der Waals surface area contributed by atoms with Gasteiger partial charge in [-0.3, -0.25) is 4.79 Å². The molecule has 2 heterocycles. The molecule has 0 bridgehead atoms. The molecule has 0 radical (unpaired) electrons. The van der Waals surface area contributed by atoms with E-state index in [0.29, 0.717) is 31.5 Å². The normalized spacial score (nSPS) is 13.5. The van der Waals surface area contributed by atoms with Gasteiger partial charge in [0.1, 0.15) is 22.3 Å². The Morgan fingerprint density at radius 3 is 2.86 bits per heavy atom. The predicted molar refractivity (Wildman–Crippen MR) is 111 cm³/mol. The number of benzene rings is 1. The highest BCUT2D eigenvalue weighted by atomic mass is 35.5. The lowest BCUT2D eigenvalue weighted by Crippen LogP contribution is -3.07. The third kappa shape index (κ3) is 4.11. The molecule has 2 aromatic heterocycles. The molecule has 1 aromatic carbocycles. The van der Waals surface area contributed by atoms with Crippen LogP contribution < -0.4 is 10.5 Å². The Balaban J connectivity index is 1.92. The van der Waals surface area contributed by atoms with E-state index in [1.165, 1.54) is 11.3 Å². The number of ether oxygens (including phenoxy) is 1. The number of hydrogen-bond donors (Lipinski definition) is 2. The molecule has 1 unspecified atom stereocenters. The van der Waals surface area contributed by atoms with E-state index >= 15 is 0 Å². The van der Waals surface area contributed by atoms with Crippen molar-refractivity contribution < 1.29 is 14.4 Å². The first-order valence-electron chi connectivity index (χ1n) is 9.09. The van der Waals surface area contributed by atoms with E-state index in [-0.39, 0.29) is 18.2 Å². The number of nitrogens with one attached hydrogen (secondary N) is 2. The van der Waals surface area contributed by atoms with Gasteiger partial charge in [0.15, 0.2) is 5.82 Å². The Labute approximate surface area is 172 Å². The Kier molecular flexibility index (Phi) is 6.17. The number of aryl methyl sites for hydroxylation is 1. The zero-order valence-electron chi connectivity index (χ0n) is 16.3. The summed E-state index contributed by atoms with van der Waals surface area (Å²) in [5.41, 5.74) is 1.49. The van der Waals surface area contributed by atoms with Crippen molar-refractivity contribution >= 4 is 39.1 Å². The highest BCUT2D eigenvalue weighted by Gasteiger charge is 2.24. The Hall–Kier alpha value is -2.22. The van der Waals surface area contributed by atoms with Crippen LogP contribution in [0.4, 0.5) is 0 Å². The first-order valence-corrected chi connectivity index (χ1v) is 10.3. The lowest BCUT2D eigenvalue weighted by atomic mass is 10.1. The maximum atomic E-state index is 12.7. The van der Waals surface area contributed by atoms with Crippen LogP contribution in [0.15, 0.2) is 29.1 Å². The lowest BCUT2D eigenvalue weighted by molar-refractivity contribution is -0.924. The van der Waals surface area contributed by atoms with Crippen LogP contribution in [0.3, 0.4) is 0 Å². The number of thiophene rings is 1. The highest BCUT2D eigenvalue weighted by molar-refractivity contribution is 7.20. The molecule has 6 nitrogen and oxygen atoms in total. The number of fused-ring (bicyclic) bond motifs is 1. The van der Waals surface area contributed by atoms with Gasteiger partial charge in [0.05, 0.1) is 19.0 Å². The van der Waals surface area contributed by atoms with Crippen molar-refractivity contribution in [2.45, 2.75) is 33.4 Å². The number of carbonyl (C=O) groups excluding carboxylic acids is 1. The van der Waals surface area contributed by atoms with Crippen LogP contribution in [-0.2, 0) is 11.3 Å². The molecule has 28 heavy (non-hydrogen) atoms. The summed E-state index contributed by atoms with van der Waals surface area (Å²) >= 11 is 7.27. The van der Waals surface area contributed by atoms with E-state index in [1.54, 1.807) is 13.8 Å². The molecule has 8 heteroatoms. The summed E-state index contributed by atoms with van der Waals surface area (Å²) in [5, 5.41) is 1.16. The van der Waals surface area contributed by atoms with Crippen LogP contribution in [0.25, 0.3) is 10.2 Å². The highest BCUT2D eigenvalue weighted by Crippen LogP contribution is 2.28. The smallest absolute Gasteiger partial charge is 0.348 e. The van der Waals surface area contributed by atoms with E-state index in [1.807, 2.05) is 38.2 Å². The van der Waals surface area contributed by atoms with Crippen molar-refractivity contribution in [1.82, 2.24) is 9.97 Å². The van der Waals surface area contributed by atoms with Gasteiger partial charge in [-0.2, -0.15) is 0 Å². The fourth-order valence-corrected chi connectivity index (χ4v) is 4.41. The average molecular weight is 421 g/mol. The van der Waals surface area contributed by atoms with Gasteiger partial charge < -0.3 is 14.6 Å². The molecule has 148 valence electrons. The summed E-state index contributed by atoms with van der Waals surface area (Å²) in [7, 11) is 2.04. The van der Waals surface area contributed by atoms with Gasteiger partial charge in [-0.25, -0.2) is 9.78 Å². The van der Waals surface area contributed by atoms with Gasteiger partial charge in [0.2, 0.25) is 0 Å². The van der Waals surface area contributed by atoms with Crippen LogP contribution in [0.5, 0.6) is 0 Å². The van der Waals surface area contributed by atoms with Crippen molar-refractivity contribution in [2.24, 2.45) is 0 Å². The first-order chi connectivity index (χ1) is 13.3. The number of hydrogen-bond acceptors (Lipinski definition) is 5. The zero-order valence-corrected chi connectivity index (χ0v) is 17.8. The minimum absolute atomic E-state index is 0.0514. The summed E-state index contributed by atoms with van der Waals surface area (Å²) in [6, 6.07) is 7.68. The maximum absolute atomic E-state index is 12.7. The van der Waals surface area contributed by atoms with Crippen LogP contribution in [0, 0.1) is 6.92 Å². The van der Waals surface area contributed by atoms with Gasteiger partial charge in [0, 0.05) is 10.6 Å². The van der Waals surface area contributed by atoms with Gasteiger partial charge >= 0.3 is 5.97 Å². The van der Waals surface area contributed by atoms with E-state index in [4.69, 9.17) is 16.3 Å². The van der Waals surface area contributed by atoms with E-state index < -0.39 is 5.97 Å². The predicted octanol–water partition coefficient (Wildman–Crippen LogP) is 2.90. The molecular formula is C20H23ClN3O3S+. The fourth-order valence-electron chi connectivity index (χ4n) is 3.11. The molecule has 2 N–H and O–H groups in total. The van der Waals surface area contributed by atoms with E-state index in [2.05, 4.69) is 9.97 Å². The topological polar surface area (TPSA) is 76.5 Å². The number of nitrogens with zero attached hydrogens (tertiary/aromatic N) is 1. The number of H-pyrrole nitrogens is 1. The third-order valence-electron chi connectivity index (χ3n) is 4.80. The van der Waals surface area contributed by atoms with Gasteiger partial charge in [-0.05, 0) is 38.5 Å². The monoisotopic (exact) mass is 420 g/mol. The minimum Gasteiger partial charge on any atom is -0.462 e. The van der Waals surface area contributed by atoms with Crippen LogP contribution in [0.1, 0.15) is 46.5 Å². The molecule has 0 aliphatic heterocycles. The first kappa shape index (κ1) is 20.5. The zero-order chi connectivity index (χ0) is 20.4. The summed E-state index contributed by atoms with van der Waals surface area (Å²) in [5.74, 6) is 0.175. The second-order valence-electron chi connectivity index (χ2n) is 6.78. The second-order valence-corrected chi connectivity index (χ2v) is 8.22. The summed E-state index contributed by atoms with van der Waals surface area (Å²) in [4.78, 5) is 34.5. The van der Waals surface area contributed by atoms with Crippen LogP contribution >= 0.6 is 22.9 Å². The summed E-state index contributed by atoms with van der Waals surface area (Å²) in [6.07, 6.45) is 0. The summed E-state index contributed by atoms with van der Waals surface area (Å²) in [6.45, 7) is 6.54. The van der Waals surface area contributed by atoms with E-state index in [0.717, 1.165) is 17.0 Å². The molecule has 2 atom stereocenters. The number of aromatic nitrogens is 2. The van der Waals surface area contributed by atoms with Gasteiger partial charge in [-0.15, -0.1) is 11.3 Å². The molecule has 0 spiro atoms. The maximum Gasteiger partial charge on any atom is 0.348 e. The molecule has 0 amide bonds. The molecule has 0 aliphatic carbocycles. The molecule has 0 saturated carbocycles. The molecule has 0 aliphatic rings. The molecular weight excluding hydrogens is 398 g/mol. The Morgan fingerprint density at radius 2 is 2.18 bits per heavy atom. The van der Waals surface area contributed by atoms with Crippen molar-refractivity contribution in [3.63, 3.8) is 0 Å². The summed E-state index contributed by atoms with van der Waals surface area (Å²) < 4.78 is 5.09. The number of aromatic amines is 1. The van der Waals surface area contributed by atoms with Crippen molar-refractivity contribution in [3.05, 3.63) is 61.5 Å². The van der Waals surface area contributed by atoms with Crippen molar-refractivity contribution in [2.75, 3.05) is 13.7 Å². The molecule has 3 rings (SSSR count). The Morgan fingerprint density at radius 1 is 1.43 bits per heavy atom. The fraction of sp³-hybridized carbons (Fsp3) is 0.350. The van der Waals surface area contributed by atoms with Gasteiger partial charge in [0.25, 0.3) is 5.56 Å². The number of halogens is 1. The molecule has 0 saturated heterocycles. The van der Waals surface area contributed by atoms with E-state index in [9.17, 15) is 9.59 Å². The SMILES string of the molecule is CCOC(=O)c1sc2nc([C@H](C)[NH+](C)Cc3cccc(Cl)c3)[nH]c(=O)c2c1C. The molecule has 0 fully saturated rings. The number of esters is 1. The van der Waals surface area contributed by atoms with Crippen molar-refractivity contribution in [1.29, 1.82) is 0 Å². The lowest BCUT2D eigenvalue weighted by Gasteiger charge is -2.21. The van der Waals surface area contributed by atoms with Gasteiger partial charge in [-0.1, -0.05) is 23.7 Å². The largest absolute Gasteiger partial charge is 0.462 e. The number of quaternary nitrogens is 1. The number of rotatable bonds is 6. The average Bonchev–Trinajstić information content (AvgIpc) is 2.98. The number of carbonyl (C=O) groups is 1. The minimum atomic E-state index is -0.416. The van der Waals surface area contributed by atoms with Crippen molar-refractivity contribution in [3.8, 4) is 0 Å². The standard InChI is InChI=1S/C20H22ClN3O3S/c1-5-27-20(26)16-11(2)15-18(25)22-17(23-19(15)28-16)12(3)24(4)10-13-7-6-8-14(21)9-13/h6-9,12H,5,10H2,1-4H3,(H,22,23,25)/p+1/t12-/m0/s1. The third-order valence-corrected chi connectivity index (χ3v) is 6.20. The second kappa shape index (κ2) is 8.43. The molecule has 3 aromatic rings.